The molecule has 0 aromatic heterocycles. The van der Waals surface area contributed by atoms with Crippen molar-refractivity contribution in [3.8, 4) is 11.5 Å². The van der Waals surface area contributed by atoms with Crippen molar-refractivity contribution in [1.29, 1.82) is 0 Å². The van der Waals surface area contributed by atoms with E-state index in [-0.39, 0.29) is 15.5 Å². The van der Waals surface area contributed by atoms with Crippen LogP contribution in [-0.2, 0) is 10.0 Å². The lowest BCUT2D eigenvalue weighted by Crippen LogP contribution is -2.31. The lowest BCUT2D eigenvalue weighted by Gasteiger charge is -2.19. The van der Waals surface area contributed by atoms with Gasteiger partial charge in [-0.2, -0.15) is 4.31 Å². The normalized spacial score (nSPS) is 11.4. The van der Waals surface area contributed by atoms with Gasteiger partial charge in [-0.25, -0.2) is 13.2 Å². The second-order valence-corrected chi connectivity index (χ2v) is 7.84. The molecule has 0 aliphatic carbocycles. The van der Waals surface area contributed by atoms with Crippen LogP contribution in [0.15, 0.2) is 47.4 Å². The molecule has 146 valence electrons. The highest BCUT2D eigenvalue weighted by atomic mass is 35.5. The van der Waals surface area contributed by atoms with Gasteiger partial charge < -0.3 is 9.47 Å². The van der Waals surface area contributed by atoms with Gasteiger partial charge in [0.15, 0.2) is 0 Å². The van der Waals surface area contributed by atoms with Gasteiger partial charge in [0.05, 0.1) is 17.2 Å². The summed E-state index contributed by atoms with van der Waals surface area (Å²) in [4.78, 5) is 12.3. The zero-order valence-electron chi connectivity index (χ0n) is 15.4. The van der Waals surface area contributed by atoms with E-state index < -0.39 is 16.0 Å². The van der Waals surface area contributed by atoms with E-state index in [1.54, 1.807) is 38.1 Å². The summed E-state index contributed by atoms with van der Waals surface area (Å²) in [5, 5.41) is 0.0551. The fourth-order valence-electron chi connectivity index (χ4n) is 2.47. The van der Waals surface area contributed by atoms with Crippen LogP contribution in [0.3, 0.4) is 0 Å². The Bertz CT molecular complexity index is 893. The zero-order chi connectivity index (χ0) is 20.0. The first-order chi connectivity index (χ1) is 12.8. The van der Waals surface area contributed by atoms with Gasteiger partial charge in [0.25, 0.3) is 0 Å². The molecule has 0 bridgehead atoms. The maximum Gasteiger partial charge on any atom is 0.343 e. The number of sulfonamides is 1. The Kier molecular flexibility index (Phi) is 7.24. The highest BCUT2D eigenvalue weighted by Gasteiger charge is 2.26. The van der Waals surface area contributed by atoms with Crippen LogP contribution < -0.4 is 9.47 Å². The number of hydrogen-bond acceptors (Lipinski definition) is 5. The SMILES string of the molecule is CCOc1ccc(OC(=O)c2ccc(Cl)c(S(=O)(=O)N(CC)CC)c2)cc1. The van der Waals surface area contributed by atoms with Crippen molar-refractivity contribution in [3.63, 3.8) is 0 Å². The van der Waals surface area contributed by atoms with Crippen LogP contribution in [0.4, 0.5) is 0 Å². The quantitative estimate of drug-likeness (QED) is 0.485. The third-order valence-corrected chi connectivity index (χ3v) is 6.37. The predicted molar refractivity (Wildman–Crippen MR) is 104 cm³/mol. The van der Waals surface area contributed by atoms with Gasteiger partial charge in [-0.15, -0.1) is 0 Å². The lowest BCUT2D eigenvalue weighted by molar-refractivity contribution is 0.0734. The zero-order valence-corrected chi connectivity index (χ0v) is 17.0. The van der Waals surface area contributed by atoms with Gasteiger partial charge in [-0.1, -0.05) is 25.4 Å². The summed E-state index contributed by atoms with van der Waals surface area (Å²) in [7, 11) is -3.80. The van der Waals surface area contributed by atoms with Crippen LogP contribution in [0.1, 0.15) is 31.1 Å². The second-order valence-electron chi connectivity index (χ2n) is 5.53. The van der Waals surface area contributed by atoms with Crippen molar-refractivity contribution in [3.05, 3.63) is 53.1 Å². The smallest absolute Gasteiger partial charge is 0.343 e. The van der Waals surface area contributed by atoms with E-state index in [0.29, 0.717) is 31.2 Å². The molecule has 0 N–H and O–H groups in total. The Hall–Kier alpha value is -2.09. The number of halogens is 1. The Morgan fingerprint density at radius 3 is 2.15 bits per heavy atom. The first-order valence-electron chi connectivity index (χ1n) is 8.58. The highest BCUT2D eigenvalue weighted by Crippen LogP contribution is 2.27. The van der Waals surface area contributed by atoms with Gasteiger partial charge in [0, 0.05) is 13.1 Å². The average molecular weight is 412 g/mol. The van der Waals surface area contributed by atoms with E-state index in [1.165, 1.54) is 22.5 Å². The summed E-state index contributed by atoms with van der Waals surface area (Å²) in [5.74, 6) is 0.315. The molecule has 0 fully saturated rings. The molecule has 0 heterocycles. The van der Waals surface area contributed by atoms with Gasteiger partial charge in [-0.05, 0) is 49.4 Å². The molecule has 2 aromatic carbocycles. The maximum absolute atomic E-state index is 12.7. The van der Waals surface area contributed by atoms with E-state index >= 15 is 0 Å². The molecule has 0 spiro atoms. The molecule has 2 rings (SSSR count). The van der Waals surface area contributed by atoms with Crippen molar-refractivity contribution < 1.29 is 22.7 Å². The Morgan fingerprint density at radius 1 is 1.00 bits per heavy atom. The van der Waals surface area contributed by atoms with Crippen molar-refractivity contribution in [2.45, 2.75) is 25.7 Å². The average Bonchev–Trinajstić information content (AvgIpc) is 2.64. The summed E-state index contributed by atoms with van der Waals surface area (Å²) in [5.41, 5.74) is 0.0963. The molecule has 0 amide bonds. The third-order valence-electron chi connectivity index (χ3n) is 3.84. The van der Waals surface area contributed by atoms with Crippen LogP contribution >= 0.6 is 11.6 Å². The molecule has 0 radical (unpaired) electrons. The van der Waals surface area contributed by atoms with E-state index in [4.69, 9.17) is 21.1 Å². The molecule has 0 atom stereocenters. The Labute approximate surface area is 164 Å². The van der Waals surface area contributed by atoms with Crippen LogP contribution in [0.25, 0.3) is 0 Å². The summed E-state index contributed by atoms with van der Waals surface area (Å²) >= 11 is 6.08. The number of hydrogen-bond donors (Lipinski definition) is 0. The molecule has 0 unspecified atom stereocenters. The minimum atomic E-state index is -3.80. The Balaban J connectivity index is 2.27. The highest BCUT2D eigenvalue weighted by molar-refractivity contribution is 7.89. The molecule has 0 aliphatic heterocycles. The lowest BCUT2D eigenvalue weighted by atomic mass is 10.2. The van der Waals surface area contributed by atoms with Crippen LogP contribution in [-0.4, -0.2) is 38.4 Å². The van der Waals surface area contributed by atoms with Gasteiger partial charge >= 0.3 is 5.97 Å². The van der Waals surface area contributed by atoms with E-state index in [1.807, 2.05) is 6.92 Å². The molecular formula is C19H22ClNO5S. The first kappa shape index (κ1) is 21.2. The van der Waals surface area contributed by atoms with E-state index in [9.17, 15) is 13.2 Å². The standard InChI is InChI=1S/C19H22ClNO5S/c1-4-21(5-2)27(23,24)18-13-14(7-12-17(18)20)19(22)26-16-10-8-15(9-11-16)25-6-3/h7-13H,4-6H2,1-3H3. The largest absolute Gasteiger partial charge is 0.494 e. The molecule has 0 saturated carbocycles. The number of nitrogens with zero attached hydrogens (tertiary/aromatic N) is 1. The summed E-state index contributed by atoms with van der Waals surface area (Å²) in [6, 6.07) is 10.6. The minimum Gasteiger partial charge on any atom is -0.494 e. The molecule has 0 saturated heterocycles. The fraction of sp³-hybridized carbons (Fsp3) is 0.316. The van der Waals surface area contributed by atoms with Gasteiger partial charge in [0.2, 0.25) is 10.0 Å². The van der Waals surface area contributed by atoms with Crippen molar-refractivity contribution in [2.24, 2.45) is 0 Å². The number of carbonyl (C=O) groups excluding carboxylic acids is 1. The number of benzene rings is 2. The summed E-state index contributed by atoms with van der Waals surface area (Å²) < 4.78 is 37.4. The monoisotopic (exact) mass is 411 g/mol. The van der Waals surface area contributed by atoms with E-state index in [0.717, 1.165) is 0 Å². The molecule has 0 aliphatic rings. The maximum atomic E-state index is 12.7. The third kappa shape index (κ3) is 5.00. The fourth-order valence-corrected chi connectivity index (χ4v) is 4.43. The molecule has 2 aromatic rings. The topological polar surface area (TPSA) is 72.9 Å². The second kappa shape index (κ2) is 9.21. The van der Waals surface area contributed by atoms with Gasteiger partial charge in [-0.3, -0.25) is 0 Å². The van der Waals surface area contributed by atoms with Crippen LogP contribution in [0.2, 0.25) is 5.02 Å². The minimum absolute atomic E-state index is 0.0551. The van der Waals surface area contributed by atoms with E-state index in [2.05, 4.69) is 0 Å². The number of ether oxygens (including phenoxy) is 2. The molecule has 8 heteroatoms. The summed E-state index contributed by atoms with van der Waals surface area (Å²) in [6.07, 6.45) is 0. The Morgan fingerprint density at radius 2 is 1.59 bits per heavy atom. The van der Waals surface area contributed by atoms with Gasteiger partial charge in [0.1, 0.15) is 16.4 Å². The number of esters is 1. The molecule has 6 nitrogen and oxygen atoms in total. The van der Waals surface area contributed by atoms with Crippen LogP contribution in [0, 0.1) is 0 Å². The molecule has 27 heavy (non-hydrogen) atoms. The van der Waals surface area contributed by atoms with Crippen LogP contribution in [0.5, 0.6) is 11.5 Å². The van der Waals surface area contributed by atoms with Crippen molar-refractivity contribution >= 4 is 27.6 Å². The van der Waals surface area contributed by atoms with Crippen molar-refractivity contribution in [2.75, 3.05) is 19.7 Å². The number of rotatable bonds is 8. The predicted octanol–water partition coefficient (Wildman–Crippen LogP) is 3.99. The first-order valence-corrected chi connectivity index (χ1v) is 10.4. The number of carbonyl (C=O) groups is 1. The summed E-state index contributed by atoms with van der Waals surface area (Å²) in [6.45, 7) is 6.48. The molecular weight excluding hydrogens is 390 g/mol. The van der Waals surface area contributed by atoms with Crippen molar-refractivity contribution in [1.82, 2.24) is 4.31 Å².